The Morgan fingerprint density at radius 1 is 1.00 bits per heavy atom. The molecule has 0 saturated carbocycles. The summed E-state index contributed by atoms with van der Waals surface area (Å²) in [6.45, 7) is 11.0. The molecule has 0 aliphatic carbocycles. The maximum atomic E-state index is 9.17. The van der Waals surface area contributed by atoms with Gasteiger partial charge < -0.3 is 0 Å². The van der Waals surface area contributed by atoms with Gasteiger partial charge in [-0.05, 0) is 0 Å². The SMILES string of the molecule is C/C=[C](/C(C)OO)[Sn]([CH2]CCC)([CH2]CCC)[CH2]CCC. The van der Waals surface area contributed by atoms with Gasteiger partial charge in [0.2, 0.25) is 0 Å². The average Bonchev–Trinajstić information content (AvgIpc) is 2.48. The first kappa shape index (κ1) is 20.5. The van der Waals surface area contributed by atoms with Gasteiger partial charge in [0.15, 0.2) is 0 Å². The van der Waals surface area contributed by atoms with Gasteiger partial charge in [-0.3, -0.25) is 0 Å². The predicted octanol–water partition coefficient (Wildman–Crippen LogP) is 6.20. The molecule has 2 nitrogen and oxygen atoms in total. The van der Waals surface area contributed by atoms with E-state index in [1.165, 1.54) is 55.4 Å². The minimum absolute atomic E-state index is 0.0960. The Kier molecular flexibility index (Phi) is 12.3. The number of allylic oxidation sites excluding steroid dienone is 1. The van der Waals surface area contributed by atoms with Gasteiger partial charge in [0, 0.05) is 0 Å². The van der Waals surface area contributed by atoms with Crippen LogP contribution in [-0.4, -0.2) is 29.7 Å². The van der Waals surface area contributed by atoms with Crippen molar-refractivity contribution in [3.05, 3.63) is 9.67 Å². The molecule has 0 heterocycles. The number of rotatable bonds is 12. The van der Waals surface area contributed by atoms with Crippen molar-refractivity contribution in [1.29, 1.82) is 0 Å². The molecule has 0 aliphatic rings. The van der Waals surface area contributed by atoms with Gasteiger partial charge in [-0.25, -0.2) is 0 Å². The van der Waals surface area contributed by atoms with Crippen molar-refractivity contribution in [3.63, 3.8) is 0 Å². The van der Waals surface area contributed by atoms with Gasteiger partial charge in [-0.2, -0.15) is 0 Å². The Morgan fingerprint density at radius 2 is 1.40 bits per heavy atom. The molecule has 0 radical (unpaired) electrons. The molecule has 0 aliphatic heterocycles. The van der Waals surface area contributed by atoms with E-state index in [9.17, 15) is 0 Å². The summed E-state index contributed by atoms with van der Waals surface area (Å²) < 4.78 is 5.80. The second-order valence-corrected chi connectivity index (χ2v) is 19.3. The van der Waals surface area contributed by atoms with Crippen LogP contribution in [0.4, 0.5) is 0 Å². The number of hydrogen-bond donors (Lipinski definition) is 1. The van der Waals surface area contributed by atoms with E-state index in [-0.39, 0.29) is 6.10 Å². The van der Waals surface area contributed by atoms with Crippen LogP contribution in [0, 0.1) is 0 Å². The molecule has 0 amide bonds. The summed E-state index contributed by atoms with van der Waals surface area (Å²) in [5.41, 5.74) is 0. The van der Waals surface area contributed by atoms with Crippen LogP contribution < -0.4 is 0 Å². The van der Waals surface area contributed by atoms with Crippen molar-refractivity contribution >= 4 is 18.4 Å². The Bertz CT molecular complexity index is 242. The van der Waals surface area contributed by atoms with Crippen molar-refractivity contribution < 1.29 is 10.1 Å². The molecular weight excluding hydrogens is 355 g/mol. The van der Waals surface area contributed by atoms with Crippen LogP contribution in [0.15, 0.2) is 9.67 Å². The first-order valence-corrected chi connectivity index (χ1v) is 16.1. The standard InChI is InChI=1S/C5H9O2.3C4H9.Sn/c1-3-4-5(2)7-6;3*1-3-4-2;/h3,5-6H,1-2H3;3*1,3-4H2,2H3;. The van der Waals surface area contributed by atoms with Gasteiger partial charge in [-0.15, -0.1) is 0 Å². The molecule has 0 saturated heterocycles. The second-order valence-electron chi connectivity index (χ2n) is 6.08. The summed E-state index contributed by atoms with van der Waals surface area (Å²) >= 11 is -2.37. The van der Waals surface area contributed by atoms with Gasteiger partial charge in [-0.1, -0.05) is 0 Å². The molecule has 0 bridgehead atoms. The molecule has 1 N–H and O–H groups in total. The van der Waals surface area contributed by atoms with Crippen molar-refractivity contribution in [3.8, 4) is 0 Å². The maximum absolute atomic E-state index is 9.17. The normalized spacial score (nSPS) is 14.6. The molecule has 1 unspecified atom stereocenters. The fourth-order valence-electron chi connectivity index (χ4n) is 3.38. The first-order valence-electron chi connectivity index (χ1n) is 8.58. The second kappa shape index (κ2) is 12.0. The molecular formula is C17H36O2Sn. The zero-order chi connectivity index (χ0) is 15.4. The van der Waals surface area contributed by atoms with Gasteiger partial charge in [0.1, 0.15) is 0 Å². The Balaban J connectivity index is 5.29. The Morgan fingerprint density at radius 3 is 1.65 bits per heavy atom. The summed E-state index contributed by atoms with van der Waals surface area (Å²) in [5.74, 6) is 0. The molecule has 120 valence electrons. The number of unbranched alkanes of at least 4 members (excludes halogenated alkanes) is 3. The van der Waals surface area contributed by atoms with E-state index in [0.29, 0.717) is 0 Å². The Labute approximate surface area is 130 Å². The van der Waals surface area contributed by atoms with E-state index in [2.05, 4.69) is 33.8 Å². The van der Waals surface area contributed by atoms with Crippen LogP contribution in [0.25, 0.3) is 0 Å². The molecule has 0 aromatic carbocycles. The summed E-state index contributed by atoms with van der Waals surface area (Å²) in [5, 5.41) is 9.17. The topological polar surface area (TPSA) is 29.5 Å². The van der Waals surface area contributed by atoms with E-state index in [1.54, 1.807) is 0 Å². The molecule has 0 aromatic rings. The third-order valence-electron chi connectivity index (χ3n) is 4.55. The molecule has 20 heavy (non-hydrogen) atoms. The molecule has 1 atom stereocenters. The molecule has 0 spiro atoms. The van der Waals surface area contributed by atoms with Crippen LogP contribution in [0.5, 0.6) is 0 Å². The summed E-state index contributed by atoms with van der Waals surface area (Å²) in [7, 11) is 0. The molecule has 0 aromatic heterocycles. The van der Waals surface area contributed by atoms with Gasteiger partial charge >= 0.3 is 131 Å². The van der Waals surface area contributed by atoms with Crippen LogP contribution in [0.2, 0.25) is 13.3 Å². The van der Waals surface area contributed by atoms with Crippen molar-refractivity contribution in [1.82, 2.24) is 0 Å². The van der Waals surface area contributed by atoms with E-state index in [0.717, 1.165) is 0 Å². The van der Waals surface area contributed by atoms with Crippen molar-refractivity contribution in [2.45, 2.75) is 92.6 Å². The van der Waals surface area contributed by atoms with E-state index < -0.39 is 18.4 Å². The summed E-state index contributed by atoms with van der Waals surface area (Å²) in [4.78, 5) is 4.73. The Hall–Kier alpha value is 0.459. The van der Waals surface area contributed by atoms with Crippen LogP contribution >= 0.6 is 0 Å². The molecule has 0 fully saturated rings. The van der Waals surface area contributed by atoms with E-state index >= 15 is 0 Å². The zero-order valence-electron chi connectivity index (χ0n) is 14.4. The predicted molar refractivity (Wildman–Crippen MR) is 91.8 cm³/mol. The summed E-state index contributed by atoms with van der Waals surface area (Å²) in [6, 6.07) is 0. The van der Waals surface area contributed by atoms with Gasteiger partial charge in [0.05, 0.1) is 0 Å². The van der Waals surface area contributed by atoms with Crippen LogP contribution in [0.1, 0.15) is 73.1 Å². The summed E-state index contributed by atoms with van der Waals surface area (Å²) in [6.07, 6.45) is 10.1. The van der Waals surface area contributed by atoms with Crippen LogP contribution in [-0.2, 0) is 4.89 Å². The zero-order valence-corrected chi connectivity index (χ0v) is 17.2. The average molecular weight is 391 g/mol. The number of hydrogen-bond acceptors (Lipinski definition) is 2. The van der Waals surface area contributed by atoms with E-state index in [1.807, 2.05) is 6.92 Å². The third kappa shape index (κ3) is 6.48. The van der Waals surface area contributed by atoms with Crippen molar-refractivity contribution in [2.75, 3.05) is 0 Å². The minimum atomic E-state index is -2.37. The third-order valence-corrected chi connectivity index (χ3v) is 21.2. The first-order chi connectivity index (χ1) is 9.61. The quantitative estimate of drug-likeness (QED) is 0.244. The van der Waals surface area contributed by atoms with E-state index in [4.69, 9.17) is 10.1 Å². The van der Waals surface area contributed by atoms with Crippen LogP contribution in [0.3, 0.4) is 0 Å². The molecule has 0 rings (SSSR count). The molecule has 3 heteroatoms. The van der Waals surface area contributed by atoms with Gasteiger partial charge in [0.25, 0.3) is 0 Å². The monoisotopic (exact) mass is 392 g/mol. The fraction of sp³-hybridized carbons (Fsp3) is 0.882. The van der Waals surface area contributed by atoms with Crippen molar-refractivity contribution in [2.24, 2.45) is 0 Å². The fourth-order valence-corrected chi connectivity index (χ4v) is 21.2.